The zero-order valence-corrected chi connectivity index (χ0v) is 10.4. The molecule has 0 saturated carbocycles. The van der Waals surface area contributed by atoms with Gasteiger partial charge < -0.3 is 0 Å². The standard InChI is InChI=1S/C14H22N2/c1-3-4-9-16-10-5-6-14(16)13-11-15-8-7-12(13)2/h7-8,11,14H,3-6,9-10H2,1-2H3/t14-/m0/s1. The molecule has 0 aliphatic carbocycles. The van der Waals surface area contributed by atoms with Crippen LogP contribution in [-0.2, 0) is 0 Å². The number of unbranched alkanes of at least 4 members (excludes halogenated alkanes) is 1. The third kappa shape index (κ3) is 2.43. The van der Waals surface area contributed by atoms with Crippen LogP contribution in [0.3, 0.4) is 0 Å². The Hall–Kier alpha value is -0.890. The van der Waals surface area contributed by atoms with Crippen LogP contribution in [0.25, 0.3) is 0 Å². The van der Waals surface area contributed by atoms with Gasteiger partial charge in [-0.15, -0.1) is 0 Å². The fourth-order valence-corrected chi connectivity index (χ4v) is 2.63. The van der Waals surface area contributed by atoms with Gasteiger partial charge in [-0.1, -0.05) is 13.3 Å². The lowest BCUT2D eigenvalue weighted by molar-refractivity contribution is 0.252. The quantitative estimate of drug-likeness (QED) is 0.770. The first-order valence-corrected chi connectivity index (χ1v) is 6.47. The molecule has 2 rings (SSSR count). The molecule has 88 valence electrons. The molecule has 0 radical (unpaired) electrons. The first-order valence-electron chi connectivity index (χ1n) is 6.47. The molecule has 0 unspecified atom stereocenters. The van der Waals surface area contributed by atoms with Crippen molar-refractivity contribution >= 4 is 0 Å². The fourth-order valence-electron chi connectivity index (χ4n) is 2.63. The molecule has 1 saturated heterocycles. The molecule has 0 bridgehead atoms. The number of likely N-dealkylation sites (tertiary alicyclic amines) is 1. The Morgan fingerprint density at radius 2 is 2.38 bits per heavy atom. The molecular weight excluding hydrogens is 196 g/mol. The van der Waals surface area contributed by atoms with Crippen LogP contribution in [0.2, 0.25) is 0 Å². The van der Waals surface area contributed by atoms with Crippen molar-refractivity contribution in [3.05, 3.63) is 29.6 Å². The molecule has 1 aliphatic rings. The molecule has 1 aromatic heterocycles. The van der Waals surface area contributed by atoms with E-state index < -0.39 is 0 Å². The summed E-state index contributed by atoms with van der Waals surface area (Å²) in [6.45, 7) is 6.97. The first kappa shape index (κ1) is 11.6. The second kappa shape index (κ2) is 5.44. The van der Waals surface area contributed by atoms with Crippen LogP contribution in [0.5, 0.6) is 0 Å². The van der Waals surface area contributed by atoms with Gasteiger partial charge in [0.05, 0.1) is 0 Å². The number of pyridine rings is 1. The first-order chi connectivity index (χ1) is 7.83. The van der Waals surface area contributed by atoms with Gasteiger partial charge in [-0.2, -0.15) is 0 Å². The van der Waals surface area contributed by atoms with Gasteiger partial charge in [-0.05, 0) is 56.5 Å². The van der Waals surface area contributed by atoms with E-state index in [2.05, 4.69) is 36.0 Å². The maximum Gasteiger partial charge on any atom is 0.0366 e. The number of aromatic nitrogens is 1. The van der Waals surface area contributed by atoms with Crippen molar-refractivity contribution in [2.45, 2.75) is 45.6 Å². The largest absolute Gasteiger partial charge is 0.296 e. The van der Waals surface area contributed by atoms with E-state index in [9.17, 15) is 0 Å². The minimum Gasteiger partial charge on any atom is -0.296 e. The van der Waals surface area contributed by atoms with Gasteiger partial charge in [-0.25, -0.2) is 0 Å². The number of nitrogens with zero attached hydrogens (tertiary/aromatic N) is 2. The molecule has 1 aliphatic heterocycles. The zero-order valence-electron chi connectivity index (χ0n) is 10.4. The third-order valence-corrected chi connectivity index (χ3v) is 3.60. The molecule has 1 fully saturated rings. The van der Waals surface area contributed by atoms with Crippen molar-refractivity contribution in [3.8, 4) is 0 Å². The highest BCUT2D eigenvalue weighted by atomic mass is 15.2. The SMILES string of the molecule is CCCCN1CCC[C@H]1c1cnccc1C. The van der Waals surface area contributed by atoms with Gasteiger partial charge in [0.15, 0.2) is 0 Å². The lowest BCUT2D eigenvalue weighted by Gasteiger charge is -2.25. The molecule has 2 nitrogen and oxygen atoms in total. The van der Waals surface area contributed by atoms with Crippen molar-refractivity contribution in [1.29, 1.82) is 0 Å². The monoisotopic (exact) mass is 218 g/mol. The maximum absolute atomic E-state index is 4.28. The summed E-state index contributed by atoms with van der Waals surface area (Å²) in [5.74, 6) is 0. The van der Waals surface area contributed by atoms with Gasteiger partial charge in [0, 0.05) is 18.4 Å². The van der Waals surface area contributed by atoms with Crippen molar-refractivity contribution in [2.24, 2.45) is 0 Å². The zero-order chi connectivity index (χ0) is 11.4. The van der Waals surface area contributed by atoms with Gasteiger partial charge >= 0.3 is 0 Å². The molecule has 1 atom stereocenters. The Morgan fingerprint density at radius 3 is 3.12 bits per heavy atom. The van der Waals surface area contributed by atoms with E-state index in [1.165, 1.54) is 49.9 Å². The average Bonchev–Trinajstić information content (AvgIpc) is 2.75. The number of aryl methyl sites for hydroxylation is 1. The van der Waals surface area contributed by atoms with Crippen LogP contribution < -0.4 is 0 Å². The number of hydrogen-bond acceptors (Lipinski definition) is 2. The normalized spacial score (nSPS) is 21.5. The highest BCUT2D eigenvalue weighted by Gasteiger charge is 2.26. The van der Waals surface area contributed by atoms with E-state index in [1.807, 2.05) is 6.20 Å². The average molecular weight is 218 g/mol. The van der Waals surface area contributed by atoms with Crippen molar-refractivity contribution < 1.29 is 0 Å². The molecule has 2 heterocycles. The number of hydrogen-bond donors (Lipinski definition) is 0. The molecule has 1 aromatic rings. The molecular formula is C14H22N2. The van der Waals surface area contributed by atoms with Crippen molar-refractivity contribution in [3.63, 3.8) is 0 Å². The molecule has 16 heavy (non-hydrogen) atoms. The van der Waals surface area contributed by atoms with E-state index in [4.69, 9.17) is 0 Å². The summed E-state index contributed by atoms with van der Waals surface area (Å²) in [4.78, 5) is 6.91. The van der Waals surface area contributed by atoms with Crippen molar-refractivity contribution in [1.82, 2.24) is 9.88 Å². The lowest BCUT2D eigenvalue weighted by Crippen LogP contribution is -2.24. The van der Waals surface area contributed by atoms with E-state index in [-0.39, 0.29) is 0 Å². The van der Waals surface area contributed by atoms with Crippen LogP contribution in [0, 0.1) is 6.92 Å². The Balaban J connectivity index is 2.10. The van der Waals surface area contributed by atoms with E-state index in [0.29, 0.717) is 6.04 Å². The summed E-state index contributed by atoms with van der Waals surface area (Å²) in [7, 11) is 0. The predicted octanol–water partition coefficient (Wildman–Crippen LogP) is 3.33. The van der Waals surface area contributed by atoms with E-state index >= 15 is 0 Å². The smallest absolute Gasteiger partial charge is 0.0366 e. The van der Waals surface area contributed by atoms with Crippen LogP contribution in [0.4, 0.5) is 0 Å². The summed E-state index contributed by atoms with van der Waals surface area (Å²) in [6, 6.07) is 2.76. The van der Waals surface area contributed by atoms with Gasteiger partial charge in [0.2, 0.25) is 0 Å². The Bertz CT molecular complexity index is 335. The van der Waals surface area contributed by atoms with E-state index in [1.54, 1.807) is 0 Å². The summed E-state index contributed by atoms with van der Waals surface area (Å²) >= 11 is 0. The summed E-state index contributed by atoms with van der Waals surface area (Å²) in [5, 5.41) is 0. The lowest BCUT2D eigenvalue weighted by atomic mass is 10.0. The van der Waals surface area contributed by atoms with Crippen molar-refractivity contribution in [2.75, 3.05) is 13.1 Å². The maximum atomic E-state index is 4.28. The second-order valence-corrected chi connectivity index (χ2v) is 4.78. The minimum absolute atomic E-state index is 0.625. The molecule has 0 N–H and O–H groups in total. The van der Waals surface area contributed by atoms with Gasteiger partial charge in [-0.3, -0.25) is 9.88 Å². The van der Waals surface area contributed by atoms with Crippen LogP contribution in [0.1, 0.15) is 49.8 Å². The van der Waals surface area contributed by atoms with Crippen LogP contribution in [0.15, 0.2) is 18.5 Å². The van der Waals surface area contributed by atoms with Crippen LogP contribution >= 0.6 is 0 Å². The Kier molecular flexibility index (Phi) is 3.94. The Morgan fingerprint density at radius 1 is 1.50 bits per heavy atom. The topological polar surface area (TPSA) is 16.1 Å². The minimum atomic E-state index is 0.625. The van der Waals surface area contributed by atoms with Gasteiger partial charge in [0.25, 0.3) is 0 Å². The fraction of sp³-hybridized carbons (Fsp3) is 0.643. The van der Waals surface area contributed by atoms with E-state index in [0.717, 1.165) is 0 Å². The predicted molar refractivity (Wildman–Crippen MR) is 67.4 cm³/mol. The molecule has 0 aromatic carbocycles. The summed E-state index contributed by atoms with van der Waals surface area (Å²) < 4.78 is 0. The summed E-state index contributed by atoms with van der Waals surface area (Å²) in [6.07, 6.45) is 9.19. The van der Waals surface area contributed by atoms with Crippen LogP contribution in [-0.4, -0.2) is 23.0 Å². The third-order valence-electron chi connectivity index (χ3n) is 3.60. The molecule has 0 amide bonds. The van der Waals surface area contributed by atoms with Gasteiger partial charge in [0.1, 0.15) is 0 Å². The molecule has 0 spiro atoms. The second-order valence-electron chi connectivity index (χ2n) is 4.78. The molecule has 2 heteroatoms. The number of rotatable bonds is 4. The highest BCUT2D eigenvalue weighted by Crippen LogP contribution is 2.33. The Labute approximate surface area is 98.7 Å². The summed E-state index contributed by atoms with van der Waals surface area (Å²) in [5.41, 5.74) is 2.83. The highest BCUT2D eigenvalue weighted by molar-refractivity contribution is 5.25.